The molecule has 7 nitrogen and oxygen atoms in total. The molecule has 24 heavy (non-hydrogen) atoms. The van der Waals surface area contributed by atoms with Gasteiger partial charge in [-0.05, 0) is 24.5 Å². The van der Waals surface area contributed by atoms with Gasteiger partial charge in [0.2, 0.25) is 5.91 Å². The highest BCUT2D eigenvalue weighted by atomic mass is 16.6. The molecule has 1 fully saturated rings. The van der Waals surface area contributed by atoms with Crippen LogP contribution < -0.4 is 5.32 Å². The number of nitro groups is 1. The Morgan fingerprint density at radius 1 is 1.33 bits per heavy atom. The van der Waals surface area contributed by atoms with Crippen molar-refractivity contribution < 1.29 is 9.72 Å². The first-order chi connectivity index (χ1) is 11.6. The third-order valence-electron chi connectivity index (χ3n) is 4.10. The number of hydrogen-bond acceptors (Lipinski definition) is 4. The van der Waals surface area contributed by atoms with Crippen molar-refractivity contribution in [1.82, 2.24) is 9.78 Å². The molecule has 124 valence electrons. The highest BCUT2D eigenvalue weighted by Gasteiger charge is 2.20. The zero-order chi connectivity index (χ0) is 16.9. The van der Waals surface area contributed by atoms with E-state index in [0.29, 0.717) is 17.4 Å². The zero-order valence-corrected chi connectivity index (χ0v) is 13.1. The summed E-state index contributed by atoms with van der Waals surface area (Å²) < 4.78 is 1.87. The van der Waals surface area contributed by atoms with E-state index in [9.17, 15) is 14.9 Å². The lowest BCUT2D eigenvalue weighted by molar-refractivity contribution is -0.384. The van der Waals surface area contributed by atoms with Crippen LogP contribution in [0.1, 0.15) is 37.3 Å². The van der Waals surface area contributed by atoms with Gasteiger partial charge in [-0.3, -0.25) is 14.9 Å². The standard InChI is InChI=1S/C17H18N4O3/c22-17(9-8-13-4-3-7-15(12-13)21(23)24)19-16-10-11-18-20(16)14-5-1-2-6-14/h3-4,7-12,14H,1-2,5-6H2,(H,19,22). The molecular formula is C17H18N4O3. The molecule has 0 aliphatic heterocycles. The Morgan fingerprint density at radius 3 is 2.88 bits per heavy atom. The first-order valence-electron chi connectivity index (χ1n) is 7.90. The van der Waals surface area contributed by atoms with Crippen molar-refractivity contribution >= 4 is 23.5 Å². The fraction of sp³-hybridized carbons (Fsp3) is 0.294. The van der Waals surface area contributed by atoms with Crippen molar-refractivity contribution in [2.75, 3.05) is 5.32 Å². The fourth-order valence-corrected chi connectivity index (χ4v) is 2.93. The van der Waals surface area contributed by atoms with E-state index in [1.54, 1.807) is 30.5 Å². The molecule has 1 heterocycles. The summed E-state index contributed by atoms with van der Waals surface area (Å²) in [6, 6.07) is 8.25. The lowest BCUT2D eigenvalue weighted by Crippen LogP contribution is -2.15. The van der Waals surface area contributed by atoms with Gasteiger partial charge in [-0.2, -0.15) is 5.10 Å². The largest absolute Gasteiger partial charge is 0.307 e. The summed E-state index contributed by atoms with van der Waals surface area (Å²) in [6.45, 7) is 0. The number of nitrogens with one attached hydrogen (secondary N) is 1. The Morgan fingerprint density at radius 2 is 2.12 bits per heavy atom. The first-order valence-corrected chi connectivity index (χ1v) is 7.90. The average Bonchev–Trinajstić information content (AvgIpc) is 3.24. The lowest BCUT2D eigenvalue weighted by atomic mass is 10.2. The van der Waals surface area contributed by atoms with Gasteiger partial charge in [-0.15, -0.1) is 0 Å². The Kier molecular flexibility index (Phi) is 4.69. The Hall–Kier alpha value is -2.96. The summed E-state index contributed by atoms with van der Waals surface area (Å²) in [5, 5.41) is 17.9. The second-order valence-corrected chi connectivity index (χ2v) is 5.77. The number of hydrogen-bond donors (Lipinski definition) is 1. The van der Waals surface area contributed by atoms with Gasteiger partial charge in [0.25, 0.3) is 5.69 Å². The molecule has 0 radical (unpaired) electrons. The fourth-order valence-electron chi connectivity index (χ4n) is 2.93. The van der Waals surface area contributed by atoms with Gasteiger partial charge >= 0.3 is 0 Å². The molecule has 7 heteroatoms. The Balaban J connectivity index is 1.67. The smallest absolute Gasteiger partial charge is 0.270 e. The summed E-state index contributed by atoms with van der Waals surface area (Å²) in [5.41, 5.74) is 0.598. The summed E-state index contributed by atoms with van der Waals surface area (Å²) in [5.74, 6) is 0.386. The van der Waals surface area contributed by atoms with E-state index in [4.69, 9.17) is 0 Å². The highest BCUT2D eigenvalue weighted by molar-refractivity contribution is 6.01. The number of benzene rings is 1. The predicted molar refractivity (Wildman–Crippen MR) is 90.5 cm³/mol. The number of carbonyl (C=O) groups excluding carboxylic acids is 1. The van der Waals surface area contributed by atoms with Gasteiger partial charge in [0.1, 0.15) is 5.82 Å². The minimum Gasteiger partial charge on any atom is -0.307 e. The number of rotatable bonds is 5. The summed E-state index contributed by atoms with van der Waals surface area (Å²) in [6.07, 6.45) is 9.12. The molecule has 1 saturated carbocycles. The molecule has 0 unspecified atom stereocenters. The number of aromatic nitrogens is 2. The monoisotopic (exact) mass is 326 g/mol. The number of amides is 1. The molecule has 0 spiro atoms. The van der Waals surface area contributed by atoms with Gasteiger partial charge in [-0.1, -0.05) is 25.0 Å². The average molecular weight is 326 g/mol. The van der Waals surface area contributed by atoms with E-state index >= 15 is 0 Å². The minimum absolute atomic E-state index is 0.00290. The van der Waals surface area contributed by atoms with E-state index < -0.39 is 4.92 Å². The topological polar surface area (TPSA) is 90.1 Å². The van der Waals surface area contributed by atoms with E-state index in [0.717, 1.165) is 12.8 Å². The van der Waals surface area contributed by atoms with Crippen LogP contribution >= 0.6 is 0 Å². The van der Waals surface area contributed by atoms with Crippen LogP contribution in [0.2, 0.25) is 0 Å². The molecule has 3 rings (SSSR count). The third-order valence-corrected chi connectivity index (χ3v) is 4.10. The number of anilines is 1. The molecule has 1 aromatic heterocycles. The van der Waals surface area contributed by atoms with Crippen molar-refractivity contribution in [2.24, 2.45) is 0 Å². The second kappa shape index (κ2) is 7.08. The third kappa shape index (κ3) is 3.68. The Labute approximate surface area is 139 Å². The molecule has 1 amide bonds. The lowest BCUT2D eigenvalue weighted by Gasteiger charge is -2.13. The first kappa shape index (κ1) is 15.9. The number of nitrogens with zero attached hydrogens (tertiary/aromatic N) is 3. The van der Waals surface area contributed by atoms with E-state index in [1.807, 2.05) is 4.68 Å². The molecule has 2 aromatic rings. The predicted octanol–water partition coefficient (Wildman–Crippen LogP) is 3.56. The summed E-state index contributed by atoms with van der Waals surface area (Å²) in [4.78, 5) is 22.4. The maximum atomic E-state index is 12.1. The van der Waals surface area contributed by atoms with Crippen LogP contribution in [0.4, 0.5) is 11.5 Å². The quantitative estimate of drug-likeness (QED) is 0.517. The van der Waals surface area contributed by atoms with E-state index in [1.165, 1.54) is 31.1 Å². The van der Waals surface area contributed by atoms with Gasteiger partial charge < -0.3 is 5.32 Å². The van der Waals surface area contributed by atoms with Crippen LogP contribution in [0.3, 0.4) is 0 Å². The van der Waals surface area contributed by atoms with Crippen LogP contribution in [0.5, 0.6) is 0 Å². The van der Waals surface area contributed by atoms with E-state index in [2.05, 4.69) is 10.4 Å². The van der Waals surface area contributed by atoms with Crippen molar-refractivity contribution in [3.05, 3.63) is 58.3 Å². The van der Waals surface area contributed by atoms with Gasteiger partial charge in [0.05, 0.1) is 17.2 Å². The maximum Gasteiger partial charge on any atom is 0.270 e. The van der Waals surface area contributed by atoms with Crippen molar-refractivity contribution in [3.8, 4) is 0 Å². The van der Waals surface area contributed by atoms with Crippen LogP contribution in [0, 0.1) is 10.1 Å². The van der Waals surface area contributed by atoms with Crippen molar-refractivity contribution in [3.63, 3.8) is 0 Å². The summed E-state index contributed by atoms with van der Waals surface area (Å²) >= 11 is 0. The number of nitro benzene ring substituents is 1. The van der Waals surface area contributed by atoms with Gasteiger partial charge in [0, 0.05) is 24.3 Å². The zero-order valence-electron chi connectivity index (χ0n) is 13.1. The molecule has 0 saturated heterocycles. The van der Waals surface area contributed by atoms with Crippen LogP contribution in [-0.2, 0) is 4.79 Å². The molecule has 1 aliphatic carbocycles. The Bertz CT molecular complexity index is 776. The van der Waals surface area contributed by atoms with Gasteiger partial charge in [-0.25, -0.2) is 4.68 Å². The molecule has 0 atom stereocenters. The van der Waals surface area contributed by atoms with E-state index in [-0.39, 0.29) is 11.6 Å². The van der Waals surface area contributed by atoms with Crippen molar-refractivity contribution in [2.45, 2.75) is 31.7 Å². The number of non-ortho nitro benzene ring substituents is 1. The van der Waals surface area contributed by atoms with Crippen molar-refractivity contribution in [1.29, 1.82) is 0 Å². The minimum atomic E-state index is -0.461. The van der Waals surface area contributed by atoms with Gasteiger partial charge in [0.15, 0.2) is 0 Å². The van der Waals surface area contributed by atoms with Crippen LogP contribution in [0.25, 0.3) is 6.08 Å². The molecule has 1 N–H and O–H groups in total. The molecule has 1 aromatic carbocycles. The molecular weight excluding hydrogens is 308 g/mol. The van der Waals surface area contributed by atoms with Crippen LogP contribution in [-0.4, -0.2) is 20.6 Å². The molecule has 1 aliphatic rings. The molecule has 0 bridgehead atoms. The second-order valence-electron chi connectivity index (χ2n) is 5.77. The van der Waals surface area contributed by atoms with Crippen LogP contribution in [0.15, 0.2) is 42.6 Å². The number of carbonyl (C=O) groups is 1. The highest BCUT2D eigenvalue weighted by Crippen LogP contribution is 2.31. The maximum absolute atomic E-state index is 12.1. The SMILES string of the molecule is O=C(C=Cc1cccc([N+](=O)[O-])c1)Nc1ccnn1C1CCCC1. The normalized spacial score (nSPS) is 15.0. The summed E-state index contributed by atoms with van der Waals surface area (Å²) in [7, 11) is 0.